The highest BCUT2D eigenvalue weighted by Gasteiger charge is 2.28. The van der Waals surface area contributed by atoms with Gasteiger partial charge in [0, 0.05) is 38.8 Å². The van der Waals surface area contributed by atoms with Crippen molar-refractivity contribution in [3.05, 3.63) is 23.8 Å². The molecule has 0 atom stereocenters. The number of piperazine rings is 1. The molecule has 0 radical (unpaired) electrons. The summed E-state index contributed by atoms with van der Waals surface area (Å²) in [5.41, 5.74) is 1.25. The third-order valence-electron chi connectivity index (χ3n) is 5.58. The molecule has 0 N–H and O–H groups in total. The van der Waals surface area contributed by atoms with Crippen LogP contribution in [0.3, 0.4) is 0 Å². The highest BCUT2D eigenvalue weighted by Crippen LogP contribution is 2.33. The van der Waals surface area contributed by atoms with Crippen LogP contribution in [0, 0.1) is 0 Å². The molecule has 136 valence electrons. The summed E-state index contributed by atoms with van der Waals surface area (Å²) in [6, 6.07) is 6.59. The van der Waals surface area contributed by atoms with Gasteiger partial charge >= 0.3 is 0 Å². The number of carbonyl (C=O) groups excluding carboxylic acids is 1. The summed E-state index contributed by atoms with van der Waals surface area (Å²) in [5.74, 6) is 1.68. The van der Waals surface area contributed by atoms with Crippen molar-refractivity contribution in [2.24, 2.45) is 0 Å². The van der Waals surface area contributed by atoms with Crippen LogP contribution in [-0.2, 0) is 11.3 Å². The zero-order chi connectivity index (χ0) is 17.1. The maximum absolute atomic E-state index is 11.6. The highest BCUT2D eigenvalue weighted by atomic mass is 16.7. The van der Waals surface area contributed by atoms with E-state index >= 15 is 0 Å². The molecular formula is C19H27N3O3. The Bertz CT molecular complexity index is 596. The molecule has 0 spiro atoms. The lowest BCUT2D eigenvalue weighted by Gasteiger charge is -2.43. The van der Waals surface area contributed by atoms with Crippen LogP contribution in [0.2, 0.25) is 0 Å². The standard InChI is InChI=1S/C19H27N3O3/c23-14-22(17-4-2-1-3-5-17)21-10-8-20(9-11-21)13-16-6-7-18-19(12-16)25-15-24-18/h6-7,12,14,17H,1-5,8-11,13,15H2. The SMILES string of the molecule is O=CN(C1CCCCC1)N1CCN(Cc2ccc3c(c2)OCO3)CC1. The fraction of sp³-hybridized carbons (Fsp3) is 0.632. The van der Waals surface area contributed by atoms with Crippen molar-refractivity contribution in [2.45, 2.75) is 44.7 Å². The molecule has 4 rings (SSSR count). The van der Waals surface area contributed by atoms with Gasteiger partial charge in [-0.1, -0.05) is 25.3 Å². The second kappa shape index (κ2) is 7.62. The van der Waals surface area contributed by atoms with Crippen LogP contribution in [0.1, 0.15) is 37.7 Å². The smallest absolute Gasteiger partial charge is 0.231 e. The maximum Gasteiger partial charge on any atom is 0.231 e. The Morgan fingerprint density at radius 2 is 1.80 bits per heavy atom. The third-order valence-corrected chi connectivity index (χ3v) is 5.58. The molecule has 0 bridgehead atoms. The predicted molar refractivity (Wildman–Crippen MR) is 94.2 cm³/mol. The molecule has 6 heteroatoms. The number of benzene rings is 1. The van der Waals surface area contributed by atoms with E-state index in [4.69, 9.17) is 9.47 Å². The molecule has 1 amide bonds. The minimum Gasteiger partial charge on any atom is -0.454 e. The average Bonchev–Trinajstić information content (AvgIpc) is 3.12. The lowest BCUT2D eigenvalue weighted by atomic mass is 9.95. The molecule has 1 aliphatic carbocycles. The van der Waals surface area contributed by atoms with E-state index in [-0.39, 0.29) is 0 Å². The number of hydrogen-bond donors (Lipinski definition) is 0. The zero-order valence-corrected chi connectivity index (χ0v) is 14.7. The molecule has 3 aliphatic rings. The fourth-order valence-corrected chi connectivity index (χ4v) is 4.15. The van der Waals surface area contributed by atoms with Crippen LogP contribution in [0.4, 0.5) is 0 Å². The van der Waals surface area contributed by atoms with Crippen molar-refractivity contribution in [1.29, 1.82) is 0 Å². The Balaban J connectivity index is 1.31. The Morgan fingerprint density at radius 1 is 1.04 bits per heavy atom. The lowest BCUT2D eigenvalue weighted by Crippen LogP contribution is -2.56. The molecule has 25 heavy (non-hydrogen) atoms. The molecule has 2 heterocycles. The average molecular weight is 345 g/mol. The molecule has 0 unspecified atom stereocenters. The second-order valence-electron chi connectivity index (χ2n) is 7.19. The summed E-state index contributed by atoms with van der Waals surface area (Å²) in [4.78, 5) is 14.1. The van der Waals surface area contributed by atoms with Crippen LogP contribution in [0.15, 0.2) is 18.2 Å². The summed E-state index contributed by atoms with van der Waals surface area (Å²) < 4.78 is 10.8. The molecular weight excluding hydrogens is 318 g/mol. The van der Waals surface area contributed by atoms with Crippen molar-refractivity contribution in [3.63, 3.8) is 0 Å². The lowest BCUT2D eigenvalue weighted by molar-refractivity contribution is -0.147. The van der Waals surface area contributed by atoms with Crippen molar-refractivity contribution < 1.29 is 14.3 Å². The monoisotopic (exact) mass is 345 g/mol. The largest absolute Gasteiger partial charge is 0.454 e. The van der Waals surface area contributed by atoms with Crippen molar-refractivity contribution in [2.75, 3.05) is 33.0 Å². The van der Waals surface area contributed by atoms with E-state index in [2.05, 4.69) is 22.0 Å². The molecule has 1 aromatic carbocycles. The number of hydrogen-bond acceptors (Lipinski definition) is 5. The minimum absolute atomic E-state index is 0.320. The van der Waals surface area contributed by atoms with Crippen LogP contribution in [0.5, 0.6) is 11.5 Å². The third kappa shape index (κ3) is 3.75. The van der Waals surface area contributed by atoms with E-state index in [1.807, 2.05) is 11.1 Å². The van der Waals surface area contributed by atoms with Gasteiger partial charge in [0.05, 0.1) is 0 Å². The van der Waals surface area contributed by atoms with Gasteiger partial charge in [0.25, 0.3) is 0 Å². The Hall–Kier alpha value is -1.79. The number of rotatable bonds is 5. The van der Waals surface area contributed by atoms with Gasteiger partial charge in [-0.3, -0.25) is 14.7 Å². The first-order chi connectivity index (χ1) is 12.3. The number of hydrazine groups is 1. The molecule has 1 aromatic rings. The second-order valence-corrected chi connectivity index (χ2v) is 7.19. The van der Waals surface area contributed by atoms with E-state index in [1.165, 1.54) is 24.8 Å². The number of nitrogens with zero attached hydrogens (tertiary/aromatic N) is 3. The Labute approximate surface area is 149 Å². The van der Waals surface area contributed by atoms with Gasteiger partial charge < -0.3 is 9.47 Å². The van der Waals surface area contributed by atoms with E-state index in [9.17, 15) is 4.79 Å². The van der Waals surface area contributed by atoms with Crippen LogP contribution >= 0.6 is 0 Å². The zero-order valence-electron chi connectivity index (χ0n) is 14.7. The van der Waals surface area contributed by atoms with Crippen LogP contribution in [0.25, 0.3) is 0 Å². The molecule has 2 fully saturated rings. The summed E-state index contributed by atoms with van der Waals surface area (Å²) in [7, 11) is 0. The molecule has 1 saturated heterocycles. The predicted octanol–water partition coefficient (Wildman–Crippen LogP) is 2.24. The van der Waals surface area contributed by atoms with E-state index in [1.54, 1.807) is 0 Å². The molecule has 2 aliphatic heterocycles. The normalized spacial score (nSPS) is 22.1. The Morgan fingerprint density at radius 3 is 2.56 bits per heavy atom. The summed E-state index contributed by atoms with van der Waals surface area (Å²) in [6.07, 6.45) is 7.15. The van der Waals surface area contributed by atoms with E-state index < -0.39 is 0 Å². The van der Waals surface area contributed by atoms with E-state index in [0.717, 1.165) is 63.5 Å². The van der Waals surface area contributed by atoms with Gasteiger partial charge in [0.15, 0.2) is 11.5 Å². The molecule has 1 saturated carbocycles. The number of amides is 1. The summed E-state index contributed by atoms with van der Waals surface area (Å²) >= 11 is 0. The number of ether oxygens (including phenoxy) is 2. The quantitative estimate of drug-likeness (QED) is 0.766. The van der Waals surface area contributed by atoms with Crippen LogP contribution < -0.4 is 9.47 Å². The molecule has 6 nitrogen and oxygen atoms in total. The fourth-order valence-electron chi connectivity index (χ4n) is 4.15. The summed E-state index contributed by atoms with van der Waals surface area (Å²) in [5, 5.41) is 4.23. The minimum atomic E-state index is 0.320. The van der Waals surface area contributed by atoms with Gasteiger partial charge in [0.2, 0.25) is 13.2 Å². The molecule has 0 aromatic heterocycles. The van der Waals surface area contributed by atoms with Gasteiger partial charge in [-0.25, -0.2) is 5.01 Å². The highest BCUT2D eigenvalue weighted by molar-refractivity contribution is 5.47. The van der Waals surface area contributed by atoms with E-state index in [0.29, 0.717) is 12.8 Å². The van der Waals surface area contributed by atoms with Gasteiger partial charge in [-0.2, -0.15) is 0 Å². The van der Waals surface area contributed by atoms with Crippen molar-refractivity contribution >= 4 is 6.41 Å². The number of carbonyl (C=O) groups is 1. The Kier molecular flexibility index (Phi) is 5.08. The van der Waals surface area contributed by atoms with Gasteiger partial charge in [-0.05, 0) is 30.5 Å². The van der Waals surface area contributed by atoms with Crippen molar-refractivity contribution in [1.82, 2.24) is 14.9 Å². The number of fused-ring (bicyclic) bond motifs is 1. The topological polar surface area (TPSA) is 45.3 Å². The first-order valence-corrected chi connectivity index (χ1v) is 9.43. The first-order valence-electron chi connectivity index (χ1n) is 9.43. The van der Waals surface area contributed by atoms with Gasteiger partial charge in [-0.15, -0.1) is 0 Å². The summed E-state index contributed by atoms with van der Waals surface area (Å²) in [6.45, 7) is 5.02. The van der Waals surface area contributed by atoms with Gasteiger partial charge in [0.1, 0.15) is 0 Å². The first kappa shape index (κ1) is 16.7. The van der Waals surface area contributed by atoms with Crippen molar-refractivity contribution in [3.8, 4) is 11.5 Å². The maximum atomic E-state index is 11.6. The van der Waals surface area contributed by atoms with Crippen LogP contribution in [-0.4, -0.2) is 60.3 Å².